The van der Waals surface area contributed by atoms with Crippen molar-refractivity contribution in [3.05, 3.63) is 60.6 Å². The Hall–Kier alpha value is -2.60. The highest BCUT2D eigenvalue weighted by Gasteiger charge is 2.06. The van der Waals surface area contributed by atoms with Crippen LogP contribution in [0.25, 0.3) is 5.69 Å². The molecule has 0 saturated heterocycles. The van der Waals surface area contributed by atoms with Crippen LogP contribution in [0.1, 0.15) is 11.5 Å². The van der Waals surface area contributed by atoms with E-state index in [0.29, 0.717) is 12.3 Å². The van der Waals surface area contributed by atoms with Crippen molar-refractivity contribution in [1.82, 2.24) is 14.8 Å². The van der Waals surface area contributed by atoms with Gasteiger partial charge in [-0.15, -0.1) is 0 Å². The SMILES string of the molecule is OCc1ccc(CNc2ccccc2-n2cncn2)o1. The number of para-hydroxylation sites is 2. The van der Waals surface area contributed by atoms with E-state index >= 15 is 0 Å². The van der Waals surface area contributed by atoms with Gasteiger partial charge in [-0.25, -0.2) is 9.67 Å². The Kier molecular flexibility index (Phi) is 3.47. The normalized spacial score (nSPS) is 10.7. The Morgan fingerprint density at radius 1 is 1.15 bits per heavy atom. The summed E-state index contributed by atoms with van der Waals surface area (Å²) in [6.45, 7) is 0.446. The molecule has 3 aromatic rings. The van der Waals surface area contributed by atoms with Crippen molar-refractivity contribution >= 4 is 5.69 Å². The number of rotatable bonds is 5. The Morgan fingerprint density at radius 2 is 2.00 bits per heavy atom. The molecule has 0 fully saturated rings. The molecule has 20 heavy (non-hydrogen) atoms. The lowest BCUT2D eigenvalue weighted by Gasteiger charge is -2.10. The third-order valence-corrected chi connectivity index (χ3v) is 2.90. The summed E-state index contributed by atoms with van der Waals surface area (Å²) < 4.78 is 7.14. The fourth-order valence-electron chi connectivity index (χ4n) is 1.94. The van der Waals surface area contributed by atoms with Crippen molar-refractivity contribution in [3.63, 3.8) is 0 Å². The third kappa shape index (κ3) is 2.55. The van der Waals surface area contributed by atoms with Crippen LogP contribution in [0, 0.1) is 0 Å². The van der Waals surface area contributed by atoms with Crippen LogP contribution >= 0.6 is 0 Å². The van der Waals surface area contributed by atoms with Crippen LogP contribution in [0.3, 0.4) is 0 Å². The van der Waals surface area contributed by atoms with Crippen molar-refractivity contribution in [2.24, 2.45) is 0 Å². The Labute approximate surface area is 115 Å². The predicted octanol–water partition coefficient (Wildman–Crippen LogP) is 1.96. The summed E-state index contributed by atoms with van der Waals surface area (Å²) in [5.41, 5.74) is 1.85. The van der Waals surface area contributed by atoms with E-state index in [1.165, 1.54) is 6.33 Å². The van der Waals surface area contributed by atoms with E-state index in [2.05, 4.69) is 15.4 Å². The Bertz CT molecular complexity index is 676. The van der Waals surface area contributed by atoms with Gasteiger partial charge in [0.2, 0.25) is 0 Å². The van der Waals surface area contributed by atoms with Gasteiger partial charge in [0.25, 0.3) is 0 Å². The number of nitrogens with zero attached hydrogens (tertiary/aromatic N) is 3. The van der Waals surface area contributed by atoms with E-state index < -0.39 is 0 Å². The van der Waals surface area contributed by atoms with E-state index in [1.54, 1.807) is 17.1 Å². The van der Waals surface area contributed by atoms with Crippen molar-refractivity contribution in [2.45, 2.75) is 13.2 Å². The molecule has 0 bridgehead atoms. The van der Waals surface area contributed by atoms with Gasteiger partial charge >= 0.3 is 0 Å². The van der Waals surface area contributed by atoms with Gasteiger partial charge < -0.3 is 14.8 Å². The van der Waals surface area contributed by atoms with Gasteiger partial charge in [-0.3, -0.25) is 0 Å². The molecular weight excluding hydrogens is 256 g/mol. The first-order chi connectivity index (χ1) is 9.86. The molecule has 0 aliphatic rings. The lowest BCUT2D eigenvalue weighted by molar-refractivity contribution is 0.244. The Balaban J connectivity index is 1.77. The second kappa shape index (κ2) is 5.58. The minimum absolute atomic E-state index is 0.0878. The first kappa shape index (κ1) is 12.4. The van der Waals surface area contributed by atoms with Gasteiger partial charge in [-0.05, 0) is 24.3 Å². The minimum Gasteiger partial charge on any atom is -0.462 e. The summed E-state index contributed by atoms with van der Waals surface area (Å²) in [5.74, 6) is 1.33. The highest BCUT2D eigenvalue weighted by Crippen LogP contribution is 2.20. The zero-order chi connectivity index (χ0) is 13.8. The third-order valence-electron chi connectivity index (χ3n) is 2.90. The summed E-state index contributed by atoms with van der Waals surface area (Å²) >= 11 is 0. The molecule has 0 aliphatic heterocycles. The molecule has 6 heteroatoms. The number of nitrogens with one attached hydrogen (secondary N) is 1. The molecule has 6 nitrogen and oxygen atoms in total. The number of hydrogen-bond acceptors (Lipinski definition) is 5. The number of aromatic nitrogens is 3. The van der Waals surface area contributed by atoms with Gasteiger partial charge in [0.05, 0.1) is 17.9 Å². The smallest absolute Gasteiger partial charge is 0.138 e. The first-order valence-electron chi connectivity index (χ1n) is 6.23. The largest absolute Gasteiger partial charge is 0.462 e. The molecule has 102 valence electrons. The summed E-state index contributed by atoms with van der Waals surface area (Å²) in [7, 11) is 0. The average Bonchev–Trinajstić information content (AvgIpc) is 3.17. The molecule has 0 unspecified atom stereocenters. The Morgan fingerprint density at radius 3 is 2.75 bits per heavy atom. The van der Waals surface area contributed by atoms with Crippen LogP contribution in [0.2, 0.25) is 0 Å². The van der Waals surface area contributed by atoms with E-state index in [9.17, 15) is 0 Å². The lowest BCUT2D eigenvalue weighted by Crippen LogP contribution is -2.04. The number of hydrogen-bond donors (Lipinski definition) is 2. The van der Waals surface area contributed by atoms with Crippen LogP contribution in [-0.2, 0) is 13.2 Å². The molecule has 0 radical (unpaired) electrons. The fraction of sp³-hybridized carbons (Fsp3) is 0.143. The molecule has 2 aromatic heterocycles. The number of aliphatic hydroxyl groups excluding tert-OH is 1. The fourth-order valence-corrected chi connectivity index (χ4v) is 1.94. The standard InChI is InChI=1S/C14H14N4O2/c19-8-12-6-5-11(20-12)7-16-13-3-1-2-4-14(13)18-10-15-9-17-18/h1-6,9-10,16,19H,7-8H2. The van der Waals surface area contributed by atoms with Crippen LogP contribution in [0.4, 0.5) is 5.69 Å². The highest BCUT2D eigenvalue weighted by atomic mass is 16.4. The maximum Gasteiger partial charge on any atom is 0.138 e. The number of furan rings is 1. The van der Waals surface area contributed by atoms with Gasteiger partial charge in [0.1, 0.15) is 30.8 Å². The molecule has 2 N–H and O–H groups in total. The average molecular weight is 270 g/mol. The van der Waals surface area contributed by atoms with Crippen LogP contribution < -0.4 is 5.32 Å². The van der Waals surface area contributed by atoms with E-state index in [4.69, 9.17) is 9.52 Å². The quantitative estimate of drug-likeness (QED) is 0.741. The molecule has 1 aromatic carbocycles. The van der Waals surface area contributed by atoms with Crippen LogP contribution in [0.5, 0.6) is 0 Å². The summed E-state index contributed by atoms with van der Waals surface area (Å²) in [6.07, 6.45) is 3.15. The van der Waals surface area contributed by atoms with Crippen LogP contribution in [0.15, 0.2) is 53.5 Å². The maximum atomic E-state index is 8.97. The molecule has 3 rings (SSSR count). The lowest BCUT2D eigenvalue weighted by atomic mass is 10.2. The van der Waals surface area contributed by atoms with E-state index in [0.717, 1.165) is 17.1 Å². The number of anilines is 1. The van der Waals surface area contributed by atoms with Crippen molar-refractivity contribution in [2.75, 3.05) is 5.32 Å². The number of aliphatic hydroxyl groups is 1. The van der Waals surface area contributed by atoms with Crippen molar-refractivity contribution in [1.29, 1.82) is 0 Å². The predicted molar refractivity (Wildman–Crippen MR) is 73.3 cm³/mol. The zero-order valence-corrected chi connectivity index (χ0v) is 10.7. The summed E-state index contributed by atoms with van der Waals surface area (Å²) in [5, 5.41) is 16.4. The van der Waals surface area contributed by atoms with Crippen molar-refractivity contribution < 1.29 is 9.52 Å². The minimum atomic E-state index is -0.0878. The molecule has 0 spiro atoms. The van der Waals surface area contributed by atoms with Gasteiger partial charge in [0, 0.05) is 0 Å². The molecule has 0 saturated carbocycles. The summed E-state index contributed by atoms with van der Waals surface area (Å²) in [4.78, 5) is 3.95. The zero-order valence-electron chi connectivity index (χ0n) is 10.7. The van der Waals surface area contributed by atoms with Gasteiger partial charge in [0.15, 0.2) is 0 Å². The monoisotopic (exact) mass is 270 g/mol. The molecule has 0 atom stereocenters. The second-order valence-corrected chi connectivity index (χ2v) is 4.24. The molecule has 0 amide bonds. The van der Waals surface area contributed by atoms with Gasteiger partial charge in [-0.1, -0.05) is 12.1 Å². The summed E-state index contributed by atoms with van der Waals surface area (Å²) in [6, 6.07) is 11.4. The van der Waals surface area contributed by atoms with E-state index in [1.807, 2.05) is 30.3 Å². The molecule has 2 heterocycles. The second-order valence-electron chi connectivity index (χ2n) is 4.24. The first-order valence-corrected chi connectivity index (χ1v) is 6.23. The number of benzene rings is 1. The topological polar surface area (TPSA) is 76.1 Å². The van der Waals surface area contributed by atoms with Gasteiger partial charge in [-0.2, -0.15) is 5.10 Å². The van der Waals surface area contributed by atoms with Crippen LogP contribution in [-0.4, -0.2) is 19.9 Å². The highest BCUT2D eigenvalue weighted by molar-refractivity contribution is 5.60. The van der Waals surface area contributed by atoms with Crippen molar-refractivity contribution in [3.8, 4) is 5.69 Å². The molecular formula is C14H14N4O2. The van der Waals surface area contributed by atoms with E-state index in [-0.39, 0.29) is 6.61 Å². The molecule has 0 aliphatic carbocycles. The maximum absolute atomic E-state index is 8.97.